The Morgan fingerprint density at radius 2 is 2.12 bits per heavy atom. The van der Waals surface area contributed by atoms with Gasteiger partial charge in [0.1, 0.15) is 11.0 Å². The second kappa shape index (κ2) is 4.67. The molecule has 0 bridgehead atoms. The number of aliphatic hydroxyl groups is 1. The largest absolute Gasteiger partial charge is 0.392 e. The number of halogens is 3. The van der Waals surface area contributed by atoms with E-state index in [0.29, 0.717) is 21.2 Å². The van der Waals surface area contributed by atoms with E-state index in [-0.39, 0.29) is 11.6 Å². The molecule has 2 nitrogen and oxygen atoms in total. The Bertz CT molecular complexity index is 530. The van der Waals surface area contributed by atoms with Crippen molar-refractivity contribution in [3.8, 4) is 10.4 Å². The number of hydrogen-bond acceptors (Lipinski definition) is 3. The van der Waals surface area contributed by atoms with Crippen LogP contribution in [-0.4, -0.2) is 10.1 Å². The first kappa shape index (κ1) is 11.8. The van der Waals surface area contributed by atoms with E-state index in [1.165, 1.54) is 23.5 Å². The lowest BCUT2D eigenvalue weighted by molar-refractivity contribution is 0.282. The van der Waals surface area contributed by atoms with Crippen molar-refractivity contribution in [2.24, 2.45) is 0 Å². The predicted molar refractivity (Wildman–Crippen MR) is 63.5 cm³/mol. The highest BCUT2D eigenvalue weighted by molar-refractivity contribution is 7.14. The number of hydrogen-bond donors (Lipinski definition) is 1. The summed E-state index contributed by atoms with van der Waals surface area (Å²) in [4.78, 5) is 4.49. The molecule has 6 heteroatoms. The molecule has 1 aromatic heterocycles. The van der Waals surface area contributed by atoms with Crippen LogP contribution in [0, 0.1) is 5.82 Å². The predicted octanol–water partition coefficient (Wildman–Crippen LogP) is 3.75. The Hall–Kier alpha value is -0.680. The van der Waals surface area contributed by atoms with Gasteiger partial charge in [0.25, 0.3) is 0 Å². The number of nitrogens with zero attached hydrogens (tertiary/aromatic N) is 1. The van der Waals surface area contributed by atoms with Crippen molar-refractivity contribution in [2.45, 2.75) is 6.61 Å². The quantitative estimate of drug-likeness (QED) is 0.907. The van der Waals surface area contributed by atoms with E-state index in [9.17, 15) is 9.50 Å². The molecule has 2 rings (SSSR count). The molecule has 0 spiro atoms. The zero-order valence-electron chi connectivity index (χ0n) is 7.88. The van der Waals surface area contributed by atoms with Gasteiger partial charge in [-0.3, -0.25) is 0 Å². The highest BCUT2D eigenvalue weighted by Gasteiger charge is 2.14. The molecule has 1 heterocycles. The number of rotatable bonds is 2. The summed E-state index contributed by atoms with van der Waals surface area (Å²) >= 11 is 12.8. The second-order valence-electron chi connectivity index (χ2n) is 3.05. The standard InChI is InChI=1S/C10H6Cl2FNOS/c11-7-1-5(3-15)6(2-8(7)13)9-10(12)14-4-16-9/h1-2,4,15H,3H2. The molecular weight excluding hydrogens is 272 g/mol. The molecule has 1 N–H and O–H groups in total. The van der Waals surface area contributed by atoms with Crippen LogP contribution in [0.1, 0.15) is 5.56 Å². The lowest BCUT2D eigenvalue weighted by atomic mass is 10.1. The van der Waals surface area contributed by atoms with Gasteiger partial charge in [-0.15, -0.1) is 11.3 Å². The van der Waals surface area contributed by atoms with E-state index < -0.39 is 5.82 Å². The maximum absolute atomic E-state index is 13.3. The molecular formula is C10H6Cl2FNOS. The zero-order valence-corrected chi connectivity index (χ0v) is 10.2. The van der Waals surface area contributed by atoms with Gasteiger partial charge >= 0.3 is 0 Å². The molecule has 0 saturated carbocycles. The highest BCUT2D eigenvalue weighted by atomic mass is 35.5. The number of aliphatic hydroxyl groups excluding tert-OH is 1. The van der Waals surface area contributed by atoms with Crippen molar-refractivity contribution in [3.05, 3.63) is 39.2 Å². The monoisotopic (exact) mass is 277 g/mol. The normalized spacial score (nSPS) is 10.8. The van der Waals surface area contributed by atoms with Crippen LogP contribution in [0.15, 0.2) is 17.6 Å². The molecule has 84 valence electrons. The lowest BCUT2D eigenvalue weighted by Gasteiger charge is -2.07. The van der Waals surface area contributed by atoms with E-state index in [2.05, 4.69) is 4.98 Å². The minimum absolute atomic E-state index is 0.0200. The Balaban J connectivity index is 2.64. The summed E-state index contributed by atoms with van der Waals surface area (Å²) < 4.78 is 13.3. The molecule has 0 fully saturated rings. The molecule has 16 heavy (non-hydrogen) atoms. The maximum Gasteiger partial charge on any atom is 0.147 e. The molecule has 0 amide bonds. The van der Waals surface area contributed by atoms with Crippen molar-refractivity contribution in [1.29, 1.82) is 0 Å². The maximum atomic E-state index is 13.3. The third-order valence-corrected chi connectivity index (χ3v) is 3.63. The average Bonchev–Trinajstić information content (AvgIpc) is 2.68. The van der Waals surface area contributed by atoms with E-state index >= 15 is 0 Å². The fourth-order valence-corrected chi connectivity index (χ4v) is 2.60. The van der Waals surface area contributed by atoms with Crippen molar-refractivity contribution in [1.82, 2.24) is 4.98 Å². The summed E-state index contributed by atoms with van der Waals surface area (Å²) in [6.07, 6.45) is 0. The first-order valence-corrected chi connectivity index (χ1v) is 5.95. The van der Waals surface area contributed by atoms with E-state index in [0.717, 1.165) is 0 Å². The lowest BCUT2D eigenvalue weighted by Crippen LogP contribution is -1.91. The van der Waals surface area contributed by atoms with Crippen LogP contribution < -0.4 is 0 Å². The second-order valence-corrected chi connectivity index (χ2v) is 4.67. The topological polar surface area (TPSA) is 33.1 Å². The molecule has 0 saturated heterocycles. The summed E-state index contributed by atoms with van der Waals surface area (Å²) in [6, 6.07) is 2.65. The van der Waals surface area contributed by atoms with Crippen LogP contribution in [0.5, 0.6) is 0 Å². The minimum Gasteiger partial charge on any atom is -0.392 e. The van der Waals surface area contributed by atoms with Gasteiger partial charge in [-0.2, -0.15) is 0 Å². The first-order chi connectivity index (χ1) is 7.63. The average molecular weight is 278 g/mol. The third kappa shape index (κ3) is 2.06. The molecule has 1 aromatic carbocycles. The van der Waals surface area contributed by atoms with Gasteiger partial charge in [-0.25, -0.2) is 9.37 Å². The van der Waals surface area contributed by atoms with E-state index in [1.54, 1.807) is 5.51 Å². The van der Waals surface area contributed by atoms with Gasteiger partial charge in [-0.05, 0) is 17.7 Å². The molecule has 0 atom stereocenters. The molecule has 0 radical (unpaired) electrons. The number of benzene rings is 1. The van der Waals surface area contributed by atoms with Gasteiger partial charge in [0, 0.05) is 5.56 Å². The number of thiazole rings is 1. The third-order valence-electron chi connectivity index (χ3n) is 2.09. The van der Waals surface area contributed by atoms with Crippen LogP contribution in [0.3, 0.4) is 0 Å². The molecule has 0 unspecified atom stereocenters. The Labute approximate surface area is 105 Å². The van der Waals surface area contributed by atoms with Gasteiger partial charge in [0.15, 0.2) is 0 Å². The minimum atomic E-state index is -0.543. The van der Waals surface area contributed by atoms with E-state index in [4.69, 9.17) is 23.2 Å². The fraction of sp³-hybridized carbons (Fsp3) is 0.100. The molecule has 0 aliphatic rings. The van der Waals surface area contributed by atoms with Gasteiger partial charge in [0.05, 0.1) is 22.0 Å². The highest BCUT2D eigenvalue weighted by Crippen LogP contribution is 2.35. The Kier molecular flexibility index (Phi) is 3.44. The summed E-state index contributed by atoms with van der Waals surface area (Å²) in [5.41, 5.74) is 2.61. The van der Waals surface area contributed by atoms with Gasteiger partial charge in [0.2, 0.25) is 0 Å². The summed E-state index contributed by atoms with van der Waals surface area (Å²) in [7, 11) is 0. The summed E-state index contributed by atoms with van der Waals surface area (Å²) in [6.45, 7) is -0.233. The van der Waals surface area contributed by atoms with E-state index in [1.807, 2.05) is 0 Å². The van der Waals surface area contributed by atoms with Crippen LogP contribution in [0.4, 0.5) is 4.39 Å². The van der Waals surface area contributed by atoms with Crippen LogP contribution in [0.2, 0.25) is 10.2 Å². The summed E-state index contributed by atoms with van der Waals surface area (Å²) in [5, 5.41) is 9.46. The summed E-state index contributed by atoms with van der Waals surface area (Å²) in [5.74, 6) is -0.543. The Morgan fingerprint density at radius 3 is 2.69 bits per heavy atom. The fourth-order valence-electron chi connectivity index (χ4n) is 1.34. The van der Waals surface area contributed by atoms with Crippen LogP contribution in [-0.2, 0) is 6.61 Å². The Morgan fingerprint density at radius 1 is 1.38 bits per heavy atom. The van der Waals surface area contributed by atoms with Crippen LogP contribution in [0.25, 0.3) is 10.4 Å². The molecule has 0 aliphatic heterocycles. The van der Waals surface area contributed by atoms with Gasteiger partial charge in [-0.1, -0.05) is 23.2 Å². The molecule has 2 aromatic rings. The van der Waals surface area contributed by atoms with Crippen molar-refractivity contribution < 1.29 is 9.50 Å². The van der Waals surface area contributed by atoms with Crippen molar-refractivity contribution in [2.75, 3.05) is 0 Å². The smallest absolute Gasteiger partial charge is 0.147 e. The molecule has 0 aliphatic carbocycles. The SMILES string of the molecule is OCc1cc(Cl)c(F)cc1-c1scnc1Cl. The van der Waals surface area contributed by atoms with Crippen molar-refractivity contribution >= 4 is 34.5 Å². The van der Waals surface area contributed by atoms with Crippen LogP contribution >= 0.6 is 34.5 Å². The van der Waals surface area contributed by atoms with Gasteiger partial charge < -0.3 is 5.11 Å². The number of aromatic nitrogens is 1. The zero-order chi connectivity index (χ0) is 11.7. The first-order valence-electron chi connectivity index (χ1n) is 4.31. The van der Waals surface area contributed by atoms with Crippen molar-refractivity contribution in [3.63, 3.8) is 0 Å².